The quantitative estimate of drug-likeness (QED) is 0.632. The van der Waals surface area contributed by atoms with Crippen molar-refractivity contribution >= 4 is 17.7 Å². The van der Waals surface area contributed by atoms with E-state index in [-0.39, 0.29) is 17.4 Å². The van der Waals surface area contributed by atoms with E-state index in [1.54, 1.807) is 4.90 Å². The van der Waals surface area contributed by atoms with Gasteiger partial charge in [-0.2, -0.15) is 0 Å². The Balaban J connectivity index is 1.35. The number of alkyl halides is 3. The SMILES string of the molecule is O=C(Oc1ccc(F)cc1)N1CCC2(CC1)CCN(c1ccc(OC(F)(F)F)cc1)C2=O. The Kier molecular flexibility index (Phi) is 5.70. The van der Waals surface area contributed by atoms with Crippen molar-refractivity contribution in [3.63, 3.8) is 0 Å². The lowest BCUT2D eigenvalue weighted by molar-refractivity contribution is -0.274. The predicted octanol–water partition coefficient (Wildman–Crippen LogP) is 4.74. The van der Waals surface area contributed by atoms with Crippen LogP contribution in [0.2, 0.25) is 0 Å². The van der Waals surface area contributed by atoms with Crippen LogP contribution in [-0.4, -0.2) is 42.9 Å². The number of hydrogen-bond donors (Lipinski definition) is 0. The van der Waals surface area contributed by atoms with Crippen LogP contribution in [0.3, 0.4) is 0 Å². The highest BCUT2D eigenvalue weighted by Gasteiger charge is 2.49. The number of nitrogens with zero attached hydrogens (tertiary/aromatic N) is 2. The summed E-state index contributed by atoms with van der Waals surface area (Å²) in [7, 11) is 0. The zero-order valence-electron chi connectivity index (χ0n) is 16.9. The van der Waals surface area contributed by atoms with Gasteiger partial charge in [0.1, 0.15) is 17.3 Å². The van der Waals surface area contributed by atoms with E-state index in [1.807, 2.05) is 0 Å². The van der Waals surface area contributed by atoms with Crippen LogP contribution in [-0.2, 0) is 4.79 Å². The molecule has 2 aliphatic rings. The zero-order chi connectivity index (χ0) is 22.9. The number of anilines is 1. The van der Waals surface area contributed by atoms with E-state index in [9.17, 15) is 27.2 Å². The number of carbonyl (C=O) groups excluding carboxylic acids is 2. The maximum Gasteiger partial charge on any atom is 0.573 e. The van der Waals surface area contributed by atoms with Crippen molar-refractivity contribution < 1.29 is 36.6 Å². The molecule has 2 aromatic carbocycles. The molecule has 0 aromatic heterocycles. The lowest BCUT2D eigenvalue weighted by atomic mass is 9.77. The maximum absolute atomic E-state index is 13.1. The smallest absolute Gasteiger partial charge is 0.410 e. The monoisotopic (exact) mass is 452 g/mol. The number of amides is 2. The first-order valence-corrected chi connectivity index (χ1v) is 10.1. The molecule has 0 saturated carbocycles. The van der Waals surface area contributed by atoms with Crippen molar-refractivity contribution in [3.8, 4) is 11.5 Å². The van der Waals surface area contributed by atoms with E-state index in [0.29, 0.717) is 44.6 Å². The minimum Gasteiger partial charge on any atom is -0.410 e. The van der Waals surface area contributed by atoms with Gasteiger partial charge in [0.05, 0.1) is 5.41 Å². The first-order chi connectivity index (χ1) is 15.2. The molecule has 2 aliphatic heterocycles. The summed E-state index contributed by atoms with van der Waals surface area (Å²) in [5, 5.41) is 0. The molecular weight excluding hydrogens is 432 g/mol. The minimum absolute atomic E-state index is 0.103. The summed E-state index contributed by atoms with van der Waals surface area (Å²) in [6.45, 7) is 1.11. The molecule has 4 rings (SSSR count). The number of piperidine rings is 1. The van der Waals surface area contributed by atoms with Crippen LogP contribution >= 0.6 is 0 Å². The molecule has 0 atom stereocenters. The van der Waals surface area contributed by atoms with Gasteiger partial charge in [-0.25, -0.2) is 9.18 Å². The lowest BCUT2D eigenvalue weighted by Gasteiger charge is -2.37. The van der Waals surface area contributed by atoms with E-state index in [4.69, 9.17) is 4.74 Å². The Hall–Kier alpha value is -3.30. The second-order valence-electron chi connectivity index (χ2n) is 7.84. The molecule has 32 heavy (non-hydrogen) atoms. The van der Waals surface area contributed by atoms with E-state index in [0.717, 1.165) is 0 Å². The van der Waals surface area contributed by atoms with Gasteiger partial charge in [0, 0.05) is 25.3 Å². The van der Waals surface area contributed by atoms with Gasteiger partial charge in [0.25, 0.3) is 0 Å². The van der Waals surface area contributed by atoms with Crippen LogP contribution < -0.4 is 14.4 Å². The molecule has 0 radical (unpaired) electrons. The van der Waals surface area contributed by atoms with Crippen molar-refractivity contribution in [2.24, 2.45) is 5.41 Å². The summed E-state index contributed by atoms with van der Waals surface area (Å²) >= 11 is 0. The number of ether oxygens (including phenoxy) is 2. The molecule has 1 spiro atoms. The summed E-state index contributed by atoms with van der Waals surface area (Å²) in [4.78, 5) is 28.6. The Morgan fingerprint density at radius 2 is 1.44 bits per heavy atom. The van der Waals surface area contributed by atoms with Gasteiger partial charge in [-0.15, -0.1) is 13.2 Å². The molecule has 2 heterocycles. The van der Waals surface area contributed by atoms with E-state index >= 15 is 0 Å². The highest BCUT2D eigenvalue weighted by molar-refractivity contribution is 6.00. The maximum atomic E-state index is 13.1. The lowest BCUT2D eigenvalue weighted by Crippen LogP contribution is -2.47. The summed E-state index contributed by atoms with van der Waals surface area (Å²) < 4.78 is 59.1. The molecule has 2 fully saturated rings. The number of hydrogen-bond acceptors (Lipinski definition) is 4. The van der Waals surface area contributed by atoms with Gasteiger partial charge < -0.3 is 19.3 Å². The Labute approximate surface area is 181 Å². The molecule has 0 bridgehead atoms. The van der Waals surface area contributed by atoms with Gasteiger partial charge in [0.2, 0.25) is 5.91 Å². The topological polar surface area (TPSA) is 59.1 Å². The fourth-order valence-corrected chi connectivity index (χ4v) is 4.14. The average Bonchev–Trinajstić information content (AvgIpc) is 3.05. The predicted molar refractivity (Wildman–Crippen MR) is 106 cm³/mol. The highest BCUT2D eigenvalue weighted by atomic mass is 19.4. The summed E-state index contributed by atoms with van der Waals surface area (Å²) in [6.07, 6.45) is -3.84. The normalized spacial score (nSPS) is 18.2. The number of carbonyl (C=O) groups is 2. The minimum atomic E-state index is -4.78. The Morgan fingerprint density at radius 3 is 2.03 bits per heavy atom. The van der Waals surface area contributed by atoms with Gasteiger partial charge in [0.15, 0.2) is 0 Å². The number of benzene rings is 2. The van der Waals surface area contributed by atoms with Crippen LogP contribution in [0.25, 0.3) is 0 Å². The zero-order valence-corrected chi connectivity index (χ0v) is 16.9. The molecule has 2 aromatic rings. The third-order valence-electron chi connectivity index (χ3n) is 5.89. The molecule has 0 unspecified atom stereocenters. The molecule has 2 amide bonds. The van der Waals surface area contributed by atoms with Crippen molar-refractivity contribution in [2.75, 3.05) is 24.5 Å². The first-order valence-electron chi connectivity index (χ1n) is 10.1. The Morgan fingerprint density at radius 1 is 0.875 bits per heavy atom. The van der Waals surface area contributed by atoms with Crippen LogP contribution in [0.15, 0.2) is 48.5 Å². The highest BCUT2D eigenvalue weighted by Crippen LogP contribution is 2.43. The summed E-state index contributed by atoms with van der Waals surface area (Å²) in [5.41, 5.74) is -0.118. The van der Waals surface area contributed by atoms with Crippen molar-refractivity contribution in [2.45, 2.75) is 25.6 Å². The van der Waals surface area contributed by atoms with Gasteiger partial charge in [-0.3, -0.25) is 4.79 Å². The van der Waals surface area contributed by atoms with Crippen molar-refractivity contribution in [1.82, 2.24) is 4.90 Å². The number of likely N-dealkylation sites (tertiary alicyclic amines) is 1. The van der Waals surface area contributed by atoms with Gasteiger partial charge >= 0.3 is 12.5 Å². The fourth-order valence-electron chi connectivity index (χ4n) is 4.14. The second-order valence-corrected chi connectivity index (χ2v) is 7.84. The molecule has 0 N–H and O–H groups in total. The van der Waals surface area contributed by atoms with Crippen LogP contribution in [0.5, 0.6) is 11.5 Å². The average molecular weight is 452 g/mol. The van der Waals surface area contributed by atoms with Crippen molar-refractivity contribution in [3.05, 3.63) is 54.3 Å². The molecule has 0 aliphatic carbocycles. The number of rotatable bonds is 3. The van der Waals surface area contributed by atoms with Gasteiger partial charge in [-0.05, 0) is 67.8 Å². The largest absolute Gasteiger partial charge is 0.573 e. The Bertz CT molecular complexity index is 984. The third-order valence-corrected chi connectivity index (χ3v) is 5.89. The molecule has 10 heteroatoms. The first kappa shape index (κ1) is 21.9. The third kappa shape index (κ3) is 4.63. The number of halogens is 4. The van der Waals surface area contributed by atoms with E-state index < -0.39 is 23.7 Å². The second kappa shape index (κ2) is 8.33. The van der Waals surface area contributed by atoms with Crippen molar-refractivity contribution in [1.29, 1.82) is 0 Å². The molecule has 6 nitrogen and oxygen atoms in total. The molecule has 2 saturated heterocycles. The van der Waals surface area contributed by atoms with E-state index in [1.165, 1.54) is 53.4 Å². The van der Waals surface area contributed by atoms with Gasteiger partial charge in [-0.1, -0.05) is 0 Å². The van der Waals surface area contributed by atoms with Crippen LogP contribution in [0, 0.1) is 11.2 Å². The fraction of sp³-hybridized carbons (Fsp3) is 0.364. The van der Waals surface area contributed by atoms with E-state index in [2.05, 4.69) is 4.74 Å². The molecule has 170 valence electrons. The van der Waals surface area contributed by atoms with Crippen LogP contribution in [0.4, 0.5) is 28.0 Å². The summed E-state index contributed by atoms with van der Waals surface area (Å²) in [5.74, 6) is -0.654. The summed E-state index contributed by atoms with van der Waals surface area (Å²) in [6, 6.07) is 10.3. The van der Waals surface area contributed by atoms with Crippen LogP contribution in [0.1, 0.15) is 19.3 Å². The standard InChI is InChI=1S/C22H20F4N2O4/c23-15-1-5-17(6-2-15)31-20(30)27-12-9-21(10-13-27)11-14-28(19(21)29)16-3-7-18(8-4-16)32-22(24,25)26/h1-8H,9-14H2. The molecular formula is C22H20F4N2O4.